The number of aromatic nitrogens is 2. The average Bonchev–Trinajstić information content (AvgIpc) is 3.02. The molecule has 2 rings (SSSR count). The SMILES string of the molecule is COCCn1ncc(Cl)c1C(N)c1cc(OC)cs1. The van der Waals surface area contributed by atoms with Gasteiger partial charge < -0.3 is 15.2 Å². The molecular weight excluding hydrogens is 286 g/mol. The van der Waals surface area contributed by atoms with Crippen LogP contribution in [0.2, 0.25) is 5.02 Å². The van der Waals surface area contributed by atoms with Crippen LogP contribution in [-0.4, -0.2) is 30.6 Å². The second-order valence-corrected chi connectivity index (χ2v) is 5.31. The fourth-order valence-electron chi connectivity index (χ4n) is 1.78. The summed E-state index contributed by atoms with van der Waals surface area (Å²) >= 11 is 7.72. The number of rotatable bonds is 6. The summed E-state index contributed by atoms with van der Waals surface area (Å²) in [6.45, 7) is 1.18. The maximum Gasteiger partial charge on any atom is 0.129 e. The normalized spacial score (nSPS) is 12.6. The molecule has 2 heterocycles. The van der Waals surface area contributed by atoms with Crippen LogP contribution in [0.15, 0.2) is 17.6 Å². The van der Waals surface area contributed by atoms with Gasteiger partial charge in [0.2, 0.25) is 0 Å². The molecule has 104 valence electrons. The number of ether oxygens (including phenoxy) is 2. The average molecular weight is 302 g/mol. The van der Waals surface area contributed by atoms with Crippen molar-refractivity contribution in [3.63, 3.8) is 0 Å². The number of hydrogen-bond donors (Lipinski definition) is 1. The Kier molecular flexibility index (Phi) is 4.81. The molecule has 2 N–H and O–H groups in total. The molecule has 0 saturated heterocycles. The monoisotopic (exact) mass is 301 g/mol. The van der Waals surface area contributed by atoms with Gasteiger partial charge in [-0.25, -0.2) is 0 Å². The van der Waals surface area contributed by atoms with Gasteiger partial charge in [0.05, 0.1) is 43.2 Å². The first-order valence-corrected chi connectivity index (χ1v) is 7.01. The summed E-state index contributed by atoms with van der Waals surface area (Å²) < 4.78 is 12.0. The summed E-state index contributed by atoms with van der Waals surface area (Å²) in [5.41, 5.74) is 7.07. The van der Waals surface area contributed by atoms with E-state index in [1.54, 1.807) is 36.4 Å². The maximum absolute atomic E-state index is 6.27. The van der Waals surface area contributed by atoms with E-state index >= 15 is 0 Å². The summed E-state index contributed by atoms with van der Waals surface area (Å²) in [4.78, 5) is 0.984. The fourth-order valence-corrected chi connectivity index (χ4v) is 2.89. The molecule has 19 heavy (non-hydrogen) atoms. The van der Waals surface area contributed by atoms with E-state index < -0.39 is 0 Å². The largest absolute Gasteiger partial charge is 0.496 e. The quantitative estimate of drug-likeness (QED) is 0.889. The topological polar surface area (TPSA) is 62.3 Å². The molecule has 2 aromatic rings. The smallest absolute Gasteiger partial charge is 0.129 e. The maximum atomic E-state index is 6.27. The van der Waals surface area contributed by atoms with Crippen molar-refractivity contribution in [2.45, 2.75) is 12.6 Å². The van der Waals surface area contributed by atoms with E-state index in [2.05, 4.69) is 5.10 Å². The lowest BCUT2D eigenvalue weighted by atomic mass is 10.2. The molecule has 0 aliphatic heterocycles. The Labute approximate surface area is 120 Å². The molecule has 0 aromatic carbocycles. The molecular formula is C12H16ClN3O2S. The minimum atomic E-state index is -0.319. The van der Waals surface area contributed by atoms with Gasteiger partial charge in [0, 0.05) is 17.4 Å². The first kappa shape index (κ1) is 14.3. The highest BCUT2D eigenvalue weighted by Gasteiger charge is 2.20. The number of hydrogen-bond acceptors (Lipinski definition) is 5. The van der Waals surface area contributed by atoms with Gasteiger partial charge in [-0.2, -0.15) is 5.10 Å². The summed E-state index contributed by atoms with van der Waals surface area (Å²) in [6.07, 6.45) is 1.61. The second-order valence-electron chi connectivity index (χ2n) is 3.96. The van der Waals surface area contributed by atoms with Crippen molar-refractivity contribution < 1.29 is 9.47 Å². The number of thiophene rings is 1. The van der Waals surface area contributed by atoms with Gasteiger partial charge in [-0.05, 0) is 6.07 Å². The molecule has 0 radical (unpaired) electrons. The van der Waals surface area contributed by atoms with Crippen molar-refractivity contribution in [3.8, 4) is 5.75 Å². The van der Waals surface area contributed by atoms with Crippen LogP contribution >= 0.6 is 22.9 Å². The van der Waals surface area contributed by atoms with Crippen molar-refractivity contribution in [2.24, 2.45) is 5.73 Å². The minimum Gasteiger partial charge on any atom is -0.496 e. The van der Waals surface area contributed by atoms with E-state index in [1.165, 1.54) is 0 Å². The lowest BCUT2D eigenvalue weighted by Crippen LogP contribution is -2.18. The molecule has 0 aliphatic rings. The van der Waals surface area contributed by atoms with E-state index in [0.29, 0.717) is 18.2 Å². The van der Waals surface area contributed by atoms with E-state index in [-0.39, 0.29) is 6.04 Å². The second kappa shape index (κ2) is 6.38. The molecule has 0 spiro atoms. The van der Waals surface area contributed by atoms with Gasteiger partial charge in [-0.15, -0.1) is 11.3 Å². The Hall–Kier alpha value is -1.08. The van der Waals surface area contributed by atoms with E-state index in [0.717, 1.165) is 16.3 Å². The van der Waals surface area contributed by atoms with Gasteiger partial charge in [0.15, 0.2) is 0 Å². The summed E-state index contributed by atoms with van der Waals surface area (Å²) in [6, 6.07) is 1.60. The van der Waals surface area contributed by atoms with E-state index in [4.69, 9.17) is 26.8 Å². The van der Waals surface area contributed by atoms with Crippen LogP contribution in [0.3, 0.4) is 0 Å². The number of nitrogens with two attached hydrogens (primary N) is 1. The molecule has 0 bridgehead atoms. The van der Waals surface area contributed by atoms with Crippen molar-refractivity contribution in [2.75, 3.05) is 20.8 Å². The Balaban J connectivity index is 2.26. The number of halogens is 1. The summed E-state index contributed by atoms with van der Waals surface area (Å²) in [5, 5.41) is 6.71. The van der Waals surface area contributed by atoms with Crippen molar-refractivity contribution in [1.82, 2.24) is 9.78 Å². The lowest BCUT2D eigenvalue weighted by Gasteiger charge is -2.13. The van der Waals surface area contributed by atoms with Gasteiger partial charge in [-0.3, -0.25) is 4.68 Å². The highest BCUT2D eigenvalue weighted by Crippen LogP contribution is 2.32. The molecule has 0 fully saturated rings. The minimum absolute atomic E-state index is 0.319. The zero-order chi connectivity index (χ0) is 13.8. The Morgan fingerprint density at radius 1 is 1.53 bits per heavy atom. The molecule has 0 aliphatic carbocycles. The third-order valence-corrected chi connectivity index (χ3v) is 4.06. The van der Waals surface area contributed by atoms with Crippen LogP contribution in [0.1, 0.15) is 16.6 Å². The van der Waals surface area contributed by atoms with Crippen LogP contribution in [0.5, 0.6) is 5.75 Å². The van der Waals surface area contributed by atoms with Crippen LogP contribution in [0.25, 0.3) is 0 Å². The van der Waals surface area contributed by atoms with Crippen LogP contribution in [0.4, 0.5) is 0 Å². The molecule has 0 amide bonds. The van der Waals surface area contributed by atoms with Crippen molar-refractivity contribution in [3.05, 3.63) is 33.2 Å². The van der Waals surface area contributed by atoms with Crippen LogP contribution in [-0.2, 0) is 11.3 Å². The predicted molar refractivity (Wildman–Crippen MR) is 76.0 cm³/mol. The number of methoxy groups -OCH3 is 2. The molecule has 0 saturated carbocycles. The zero-order valence-corrected chi connectivity index (χ0v) is 12.4. The third kappa shape index (κ3) is 3.09. The Bertz CT molecular complexity index is 541. The Morgan fingerprint density at radius 2 is 2.32 bits per heavy atom. The standard InChI is InChI=1S/C12H16ClN3O2S/c1-17-4-3-16-12(9(13)6-15-16)11(14)10-5-8(18-2)7-19-10/h5-7,11H,3-4,14H2,1-2H3. The summed E-state index contributed by atoms with van der Waals surface area (Å²) in [5.74, 6) is 0.800. The van der Waals surface area contributed by atoms with Gasteiger partial charge in [-0.1, -0.05) is 11.6 Å². The molecule has 2 aromatic heterocycles. The van der Waals surface area contributed by atoms with Crippen LogP contribution < -0.4 is 10.5 Å². The lowest BCUT2D eigenvalue weighted by molar-refractivity contribution is 0.182. The first-order chi connectivity index (χ1) is 9.17. The number of nitrogens with zero attached hydrogens (tertiary/aromatic N) is 2. The molecule has 1 atom stereocenters. The summed E-state index contributed by atoms with van der Waals surface area (Å²) in [7, 11) is 3.28. The van der Waals surface area contributed by atoms with Crippen molar-refractivity contribution in [1.29, 1.82) is 0 Å². The first-order valence-electron chi connectivity index (χ1n) is 5.75. The van der Waals surface area contributed by atoms with E-state index in [1.807, 2.05) is 11.4 Å². The fraction of sp³-hybridized carbons (Fsp3) is 0.417. The molecule has 5 nitrogen and oxygen atoms in total. The highest BCUT2D eigenvalue weighted by atomic mass is 35.5. The predicted octanol–water partition coefficient (Wildman–Crippen LogP) is 2.30. The Morgan fingerprint density at radius 3 is 2.95 bits per heavy atom. The van der Waals surface area contributed by atoms with Gasteiger partial charge in [0.1, 0.15) is 5.75 Å². The van der Waals surface area contributed by atoms with Crippen molar-refractivity contribution >= 4 is 22.9 Å². The third-order valence-electron chi connectivity index (χ3n) is 2.77. The molecule has 7 heteroatoms. The van der Waals surface area contributed by atoms with Gasteiger partial charge >= 0.3 is 0 Å². The van der Waals surface area contributed by atoms with Crippen LogP contribution in [0, 0.1) is 0 Å². The van der Waals surface area contributed by atoms with E-state index in [9.17, 15) is 0 Å². The molecule has 1 unspecified atom stereocenters. The zero-order valence-electron chi connectivity index (χ0n) is 10.8. The highest BCUT2D eigenvalue weighted by molar-refractivity contribution is 7.10. The van der Waals surface area contributed by atoms with Gasteiger partial charge in [0.25, 0.3) is 0 Å².